The van der Waals surface area contributed by atoms with E-state index in [1.807, 2.05) is 24.3 Å². The summed E-state index contributed by atoms with van der Waals surface area (Å²) in [6.45, 7) is 7.14. The maximum atomic E-state index is 12.9. The first-order valence-electron chi connectivity index (χ1n) is 10.6. The fourth-order valence-corrected chi connectivity index (χ4v) is 4.31. The Morgan fingerprint density at radius 1 is 1.17 bits per heavy atom. The smallest absolute Gasteiger partial charge is 0.273 e. The molecule has 2 aromatic rings. The van der Waals surface area contributed by atoms with Crippen LogP contribution in [0.4, 0.5) is 0 Å². The third-order valence-electron chi connectivity index (χ3n) is 6.07. The molecule has 6 heteroatoms. The molecule has 2 saturated heterocycles. The van der Waals surface area contributed by atoms with E-state index in [0.717, 1.165) is 55.4 Å². The number of carbonyl (C=O) groups is 1. The van der Waals surface area contributed by atoms with Gasteiger partial charge in [0.15, 0.2) is 0 Å². The van der Waals surface area contributed by atoms with Crippen molar-refractivity contribution >= 4 is 16.8 Å². The van der Waals surface area contributed by atoms with Crippen molar-refractivity contribution in [2.75, 3.05) is 19.6 Å². The second-order valence-corrected chi connectivity index (χ2v) is 8.26. The van der Waals surface area contributed by atoms with Crippen LogP contribution in [0.2, 0.25) is 0 Å². The standard InChI is InChI=1S/C23H28N4O2/c1-16(2)26-13-10-19(11-14-26)29-21-7-3-5-17-8-9-20(25-22(17)21)23(28)27-12-4-6-18(27)15-24/h3,5,7-9,16,18-19H,4,6,10-14H2,1-2H3/t18-/m0/s1. The summed E-state index contributed by atoms with van der Waals surface area (Å²) in [6, 6.07) is 12.0. The lowest BCUT2D eigenvalue weighted by atomic mass is 10.1. The number of hydrogen-bond acceptors (Lipinski definition) is 5. The Morgan fingerprint density at radius 2 is 1.97 bits per heavy atom. The molecule has 152 valence electrons. The fourth-order valence-electron chi connectivity index (χ4n) is 4.31. The number of pyridine rings is 1. The minimum absolute atomic E-state index is 0.165. The van der Waals surface area contributed by atoms with Gasteiger partial charge in [-0.2, -0.15) is 5.26 Å². The summed E-state index contributed by atoms with van der Waals surface area (Å²) in [5.74, 6) is 0.564. The Kier molecular flexibility index (Phi) is 5.68. The summed E-state index contributed by atoms with van der Waals surface area (Å²) < 4.78 is 6.33. The van der Waals surface area contributed by atoms with Crippen molar-refractivity contribution in [3.63, 3.8) is 0 Å². The molecule has 0 unspecified atom stereocenters. The first kappa shape index (κ1) is 19.7. The lowest BCUT2D eigenvalue weighted by Gasteiger charge is -2.34. The molecule has 3 heterocycles. The molecular weight excluding hydrogens is 364 g/mol. The number of hydrogen-bond donors (Lipinski definition) is 0. The second-order valence-electron chi connectivity index (χ2n) is 8.26. The van der Waals surface area contributed by atoms with Gasteiger partial charge < -0.3 is 14.5 Å². The molecule has 2 aliphatic heterocycles. The first-order chi connectivity index (χ1) is 14.1. The zero-order valence-electron chi connectivity index (χ0n) is 17.2. The van der Waals surface area contributed by atoms with Gasteiger partial charge in [-0.15, -0.1) is 0 Å². The molecule has 6 nitrogen and oxygen atoms in total. The Morgan fingerprint density at radius 3 is 2.69 bits per heavy atom. The van der Waals surface area contributed by atoms with Crippen LogP contribution in [0.1, 0.15) is 50.0 Å². The van der Waals surface area contributed by atoms with Crippen molar-refractivity contribution in [3.8, 4) is 11.8 Å². The summed E-state index contributed by atoms with van der Waals surface area (Å²) in [7, 11) is 0. The van der Waals surface area contributed by atoms with Gasteiger partial charge in [0.25, 0.3) is 5.91 Å². The molecular formula is C23H28N4O2. The highest BCUT2D eigenvalue weighted by Gasteiger charge is 2.30. The van der Waals surface area contributed by atoms with E-state index in [9.17, 15) is 10.1 Å². The number of benzene rings is 1. The van der Waals surface area contributed by atoms with Gasteiger partial charge in [0.2, 0.25) is 0 Å². The minimum Gasteiger partial charge on any atom is -0.488 e. The lowest BCUT2D eigenvalue weighted by Crippen LogP contribution is -2.41. The van der Waals surface area contributed by atoms with Crippen molar-refractivity contribution in [2.45, 2.75) is 57.7 Å². The average molecular weight is 393 g/mol. The highest BCUT2D eigenvalue weighted by atomic mass is 16.5. The van der Waals surface area contributed by atoms with Crippen molar-refractivity contribution in [2.24, 2.45) is 0 Å². The van der Waals surface area contributed by atoms with Crippen molar-refractivity contribution in [1.29, 1.82) is 5.26 Å². The predicted octanol–water partition coefficient (Wildman–Crippen LogP) is 3.61. The SMILES string of the molecule is CC(C)N1CCC(Oc2cccc3ccc(C(=O)N4CCC[C@H]4C#N)nc23)CC1. The van der Waals surface area contributed by atoms with Gasteiger partial charge in [-0.1, -0.05) is 18.2 Å². The molecule has 0 spiro atoms. The molecule has 4 rings (SSSR count). The maximum Gasteiger partial charge on any atom is 0.273 e. The summed E-state index contributed by atoms with van der Waals surface area (Å²) >= 11 is 0. The third-order valence-corrected chi connectivity index (χ3v) is 6.07. The predicted molar refractivity (Wildman–Crippen MR) is 112 cm³/mol. The number of fused-ring (bicyclic) bond motifs is 1. The number of nitriles is 1. The van der Waals surface area contributed by atoms with Crippen LogP contribution >= 0.6 is 0 Å². The van der Waals surface area contributed by atoms with E-state index in [4.69, 9.17) is 4.74 Å². The topological polar surface area (TPSA) is 69.5 Å². The monoisotopic (exact) mass is 392 g/mol. The Hall–Kier alpha value is -2.65. The van der Waals surface area contributed by atoms with Crippen LogP contribution in [-0.4, -0.2) is 58.5 Å². The van der Waals surface area contributed by atoms with Crippen molar-refractivity contribution < 1.29 is 9.53 Å². The molecule has 1 amide bonds. The molecule has 0 aliphatic carbocycles. The number of likely N-dealkylation sites (tertiary alicyclic amines) is 2. The molecule has 2 fully saturated rings. The summed E-state index contributed by atoms with van der Waals surface area (Å²) in [5, 5.41) is 10.3. The normalized spacial score (nSPS) is 20.9. The Labute approximate surface area is 172 Å². The number of rotatable bonds is 4. The number of ether oxygens (including phenoxy) is 1. The van der Waals surface area contributed by atoms with E-state index in [1.54, 1.807) is 11.0 Å². The van der Waals surface area contributed by atoms with Gasteiger partial charge >= 0.3 is 0 Å². The quantitative estimate of drug-likeness (QED) is 0.795. The van der Waals surface area contributed by atoms with E-state index >= 15 is 0 Å². The van der Waals surface area contributed by atoms with E-state index < -0.39 is 0 Å². The summed E-state index contributed by atoms with van der Waals surface area (Å²) in [5.41, 5.74) is 1.10. The van der Waals surface area contributed by atoms with Crippen LogP contribution in [-0.2, 0) is 0 Å². The average Bonchev–Trinajstić information content (AvgIpc) is 3.22. The second kappa shape index (κ2) is 8.38. The molecule has 29 heavy (non-hydrogen) atoms. The highest BCUT2D eigenvalue weighted by Crippen LogP contribution is 2.28. The van der Waals surface area contributed by atoms with E-state index in [0.29, 0.717) is 18.3 Å². The van der Waals surface area contributed by atoms with Gasteiger partial charge in [0, 0.05) is 31.1 Å². The van der Waals surface area contributed by atoms with E-state index in [1.165, 1.54) is 0 Å². The molecule has 1 aromatic carbocycles. The van der Waals surface area contributed by atoms with Crippen LogP contribution in [0.5, 0.6) is 5.75 Å². The number of aromatic nitrogens is 1. The molecule has 1 atom stereocenters. The first-order valence-corrected chi connectivity index (χ1v) is 10.6. The zero-order chi connectivity index (χ0) is 20.4. The number of nitrogens with zero attached hydrogens (tertiary/aromatic N) is 4. The Balaban J connectivity index is 1.55. The summed E-state index contributed by atoms with van der Waals surface area (Å²) in [6.07, 6.45) is 3.74. The molecule has 0 saturated carbocycles. The highest BCUT2D eigenvalue weighted by molar-refractivity contribution is 5.96. The van der Waals surface area contributed by atoms with Crippen molar-refractivity contribution in [3.05, 3.63) is 36.0 Å². The largest absolute Gasteiger partial charge is 0.488 e. The van der Waals surface area contributed by atoms with Gasteiger partial charge in [0.05, 0.1) is 6.07 Å². The third kappa shape index (κ3) is 4.06. The molecule has 1 aromatic heterocycles. The number of para-hydroxylation sites is 1. The lowest BCUT2D eigenvalue weighted by molar-refractivity contribution is 0.0759. The van der Waals surface area contributed by atoms with Gasteiger partial charge in [-0.05, 0) is 51.7 Å². The van der Waals surface area contributed by atoms with Crippen molar-refractivity contribution in [1.82, 2.24) is 14.8 Å². The van der Waals surface area contributed by atoms with Crippen LogP contribution in [0.15, 0.2) is 30.3 Å². The van der Waals surface area contributed by atoms with Crippen LogP contribution in [0.25, 0.3) is 10.9 Å². The fraction of sp³-hybridized carbons (Fsp3) is 0.522. The van der Waals surface area contributed by atoms with Gasteiger partial charge in [0.1, 0.15) is 29.1 Å². The molecule has 0 radical (unpaired) electrons. The molecule has 0 N–H and O–H groups in total. The van der Waals surface area contributed by atoms with Crippen LogP contribution in [0.3, 0.4) is 0 Å². The maximum absolute atomic E-state index is 12.9. The molecule has 0 bridgehead atoms. The zero-order valence-corrected chi connectivity index (χ0v) is 17.2. The minimum atomic E-state index is -0.349. The van der Waals surface area contributed by atoms with E-state index in [-0.39, 0.29) is 18.1 Å². The summed E-state index contributed by atoms with van der Waals surface area (Å²) in [4.78, 5) is 21.7. The van der Waals surface area contributed by atoms with Gasteiger partial charge in [-0.3, -0.25) is 4.79 Å². The van der Waals surface area contributed by atoms with E-state index in [2.05, 4.69) is 29.8 Å². The molecule has 2 aliphatic rings. The van der Waals surface area contributed by atoms with Crippen LogP contribution in [0, 0.1) is 11.3 Å². The Bertz CT molecular complexity index is 928. The number of amides is 1. The van der Waals surface area contributed by atoms with Gasteiger partial charge in [-0.25, -0.2) is 4.98 Å². The number of carbonyl (C=O) groups excluding carboxylic acids is 1. The van der Waals surface area contributed by atoms with Crippen LogP contribution < -0.4 is 4.74 Å². The number of piperidine rings is 1.